The molecule has 1 aliphatic heterocycles. The molecule has 0 aliphatic carbocycles. The molecule has 0 saturated carbocycles. The molecule has 0 amide bonds. The zero-order valence-electron chi connectivity index (χ0n) is 27.6. The van der Waals surface area contributed by atoms with E-state index in [0.29, 0.717) is 0 Å². The Kier molecular flexibility index (Phi) is 5.95. The van der Waals surface area contributed by atoms with Gasteiger partial charge in [-0.1, -0.05) is 135 Å². The van der Waals surface area contributed by atoms with Crippen LogP contribution in [0.15, 0.2) is 170 Å². The van der Waals surface area contributed by atoms with Gasteiger partial charge in [0.15, 0.2) is 0 Å². The van der Waals surface area contributed by atoms with Gasteiger partial charge >= 0.3 is 0 Å². The minimum Gasteiger partial charge on any atom is -0.310 e. The lowest BCUT2D eigenvalue weighted by Gasteiger charge is -2.34. The molecule has 0 bridgehead atoms. The third-order valence-corrected chi connectivity index (χ3v) is 10.7. The van der Waals surface area contributed by atoms with Crippen molar-refractivity contribution in [2.75, 3.05) is 4.90 Å². The van der Waals surface area contributed by atoms with Crippen molar-refractivity contribution in [2.45, 2.75) is 19.3 Å². The summed E-state index contributed by atoms with van der Waals surface area (Å²) in [4.78, 5) is 2.39. The van der Waals surface area contributed by atoms with Crippen LogP contribution in [0.5, 0.6) is 0 Å². The minimum atomic E-state index is -0.0784. The summed E-state index contributed by atoms with van der Waals surface area (Å²) in [5, 5.41) is 7.52. The number of nitrogens with zero attached hydrogens (tertiary/aromatic N) is 2. The van der Waals surface area contributed by atoms with Crippen LogP contribution in [0.25, 0.3) is 60.2 Å². The third kappa shape index (κ3) is 4.07. The number of rotatable bonds is 4. The minimum absolute atomic E-state index is 0.0784. The lowest BCUT2D eigenvalue weighted by atomic mass is 9.75. The first-order valence-electron chi connectivity index (χ1n) is 17.1. The predicted molar refractivity (Wildman–Crippen MR) is 208 cm³/mol. The van der Waals surface area contributed by atoms with E-state index < -0.39 is 0 Å². The second kappa shape index (κ2) is 10.4. The number of para-hydroxylation sites is 3. The molecule has 2 heteroatoms. The molecule has 232 valence electrons. The molecule has 2 nitrogen and oxygen atoms in total. The van der Waals surface area contributed by atoms with Gasteiger partial charge in [-0.25, -0.2) is 0 Å². The maximum atomic E-state index is 2.49. The first-order valence-corrected chi connectivity index (χ1v) is 17.1. The number of fused-ring (bicyclic) bond motifs is 7. The Labute approximate surface area is 286 Å². The molecule has 0 atom stereocenters. The molecular formula is C47H34N2. The highest BCUT2D eigenvalue weighted by Crippen LogP contribution is 2.48. The van der Waals surface area contributed by atoms with E-state index in [1.165, 1.54) is 71.3 Å². The first kappa shape index (κ1) is 27.9. The zero-order valence-corrected chi connectivity index (χ0v) is 27.6. The molecule has 1 aliphatic rings. The molecule has 0 unspecified atom stereocenters. The summed E-state index contributed by atoms with van der Waals surface area (Å²) in [5.41, 5.74) is 12.4. The second-order valence-electron chi connectivity index (χ2n) is 13.8. The van der Waals surface area contributed by atoms with Crippen molar-refractivity contribution >= 4 is 60.4 Å². The monoisotopic (exact) mass is 626 g/mol. The Morgan fingerprint density at radius 1 is 0.469 bits per heavy atom. The molecule has 0 spiro atoms. The molecule has 0 saturated heterocycles. The Balaban J connectivity index is 1.19. The van der Waals surface area contributed by atoms with Gasteiger partial charge in [0.1, 0.15) is 0 Å². The van der Waals surface area contributed by atoms with Gasteiger partial charge in [0.25, 0.3) is 0 Å². The number of aromatic nitrogens is 1. The van der Waals surface area contributed by atoms with E-state index >= 15 is 0 Å². The largest absolute Gasteiger partial charge is 0.310 e. The Morgan fingerprint density at radius 3 is 2.08 bits per heavy atom. The topological polar surface area (TPSA) is 8.17 Å². The second-order valence-corrected chi connectivity index (χ2v) is 13.8. The summed E-state index contributed by atoms with van der Waals surface area (Å²) in [7, 11) is 0. The zero-order chi connectivity index (χ0) is 32.7. The molecule has 8 aromatic carbocycles. The van der Waals surface area contributed by atoms with Crippen LogP contribution in [0, 0.1) is 0 Å². The maximum absolute atomic E-state index is 2.49. The summed E-state index contributed by atoms with van der Waals surface area (Å²) in [6.07, 6.45) is 0. The number of hydrogen-bond donors (Lipinski definition) is 0. The molecule has 9 aromatic rings. The van der Waals surface area contributed by atoms with Crippen LogP contribution in [0.4, 0.5) is 17.1 Å². The van der Waals surface area contributed by atoms with Gasteiger partial charge in [0.05, 0.1) is 22.4 Å². The molecule has 2 heterocycles. The van der Waals surface area contributed by atoms with Gasteiger partial charge in [-0.15, -0.1) is 0 Å². The molecule has 0 N–H and O–H groups in total. The fraction of sp³-hybridized carbons (Fsp3) is 0.0638. The smallest absolute Gasteiger partial charge is 0.0582 e. The Hall–Kier alpha value is -6.12. The summed E-state index contributed by atoms with van der Waals surface area (Å²) in [6.45, 7) is 4.72. The lowest BCUT2D eigenvalue weighted by molar-refractivity contribution is 0.630. The van der Waals surface area contributed by atoms with Crippen LogP contribution in [0.1, 0.15) is 25.0 Å². The summed E-state index contributed by atoms with van der Waals surface area (Å²) in [5.74, 6) is 0. The van der Waals surface area contributed by atoms with Gasteiger partial charge in [0.2, 0.25) is 0 Å². The molecule has 1 aromatic heterocycles. The highest BCUT2D eigenvalue weighted by Gasteiger charge is 2.34. The van der Waals surface area contributed by atoms with Gasteiger partial charge in [0, 0.05) is 32.9 Å². The fourth-order valence-electron chi connectivity index (χ4n) is 8.39. The van der Waals surface area contributed by atoms with E-state index in [1.807, 2.05) is 0 Å². The highest BCUT2D eigenvalue weighted by molar-refractivity contribution is 6.14. The van der Waals surface area contributed by atoms with E-state index in [1.54, 1.807) is 0 Å². The van der Waals surface area contributed by atoms with Crippen LogP contribution in [0.2, 0.25) is 0 Å². The average Bonchev–Trinajstić information content (AvgIpc) is 3.48. The Morgan fingerprint density at radius 2 is 1.18 bits per heavy atom. The standard InChI is InChI=1S/C47H34N2/c1-47(2)41-21-8-9-23-45(41)49-44-28-26-33(30-40(44)39-20-11-22-42(47)46(39)49)36-17-10-19-38-37(36)18-12-24-43(38)48(34-15-4-3-5-16-34)35-27-25-31-13-6-7-14-32(31)29-35/h3-30H,1-2H3. The molecule has 10 rings (SSSR count). The van der Waals surface area contributed by atoms with E-state index in [2.05, 4.69) is 193 Å². The lowest BCUT2D eigenvalue weighted by Crippen LogP contribution is -2.26. The molecule has 49 heavy (non-hydrogen) atoms. The fourth-order valence-corrected chi connectivity index (χ4v) is 8.39. The molecule has 0 fully saturated rings. The maximum Gasteiger partial charge on any atom is 0.0582 e. The van der Waals surface area contributed by atoms with Gasteiger partial charge < -0.3 is 9.47 Å². The summed E-state index contributed by atoms with van der Waals surface area (Å²) in [6, 6.07) is 62.4. The van der Waals surface area contributed by atoms with Gasteiger partial charge in [-0.05, 0) is 86.9 Å². The van der Waals surface area contributed by atoms with Crippen molar-refractivity contribution in [3.63, 3.8) is 0 Å². The first-order chi connectivity index (χ1) is 24.1. The van der Waals surface area contributed by atoms with Gasteiger partial charge in [-0.3, -0.25) is 0 Å². The molecule has 0 radical (unpaired) electrons. The number of hydrogen-bond acceptors (Lipinski definition) is 1. The van der Waals surface area contributed by atoms with E-state index in [-0.39, 0.29) is 5.41 Å². The quantitative estimate of drug-likeness (QED) is 0.189. The van der Waals surface area contributed by atoms with E-state index in [0.717, 1.165) is 17.1 Å². The number of anilines is 3. The molecular weight excluding hydrogens is 593 g/mol. The van der Waals surface area contributed by atoms with E-state index in [4.69, 9.17) is 0 Å². The number of benzene rings is 8. The van der Waals surface area contributed by atoms with Crippen molar-refractivity contribution in [3.05, 3.63) is 181 Å². The van der Waals surface area contributed by atoms with Crippen LogP contribution in [0.3, 0.4) is 0 Å². The SMILES string of the molecule is CC1(C)c2ccccc2-n2c3ccc(-c4cccc5c(N(c6ccccc6)c6ccc7ccccc7c6)cccc45)cc3c3cccc1c32. The normalized spacial score (nSPS) is 13.3. The van der Waals surface area contributed by atoms with E-state index in [9.17, 15) is 0 Å². The summed E-state index contributed by atoms with van der Waals surface area (Å²) >= 11 is 0. The van der Waals surface area contributed by atoms with Crippen molar-refractivity contribution in [2.24, 2.45) is 0 Å². The van der Waals surface area contributed by atoms with Crippen molar-refractivity contribution in [3.8, 4) is 16.8 Å². The van der Waals surface area contributed by atoms with Crippen LogP contribution < -0.4 is 4.90 Å². The highest BCUT2D eigenvalue weighted by atomic mass is 15.1. The predicted octanol–water partition coefficient (Wildman–Crippen LogP) is 12.9. The summed E-state index contributed by atoms with van der Waals surface area (Å²) < 4.78 is 2.49. The average molecular weight is 627 g/mol. The van der Waals surface area contributed by atoms with Gasteiger partial charge in [-0.2, -0.15) is 0 Å². The Bertz CT molecular complexity index is 2750. The van der Waals surface area contributed by atoms with Crippen LogP contribution in [-0.2, 0) is 5.41 Å². The third-order valence-electron chi connectivity index (χ3n) is 10.7. The van der Waals surface area contributed by atoms with Crippen LogP contribution >= 0.6 is 0 Å². The van der Waals surface area contributed by atoms with Crippen molar-refractivity contribution in [1.29, 1.82) is 0 Å². The van der Waals surface area contributed by atoms with Crippen molar-refractivity contribution in [1.82, 2.24) is 4.57 Å². The van der Waals surface area contributed by atoms with Crippen molar-refractivity contribution < 1.29 is 0 Å². The van der Waals surface area contributed by atoms with Crippen LogP contribution in [-0.4, -0.2) is 4.57 Å².